The Balaban J connectivity index is 2.06. The highest BCUT2D eigenvalue weighted by atomic mass is 79.9. The van der Waals surface area contributed by atoms with Gasteiger partial charge in [-0.1, -0.05) is 48.0 Å². The average Bonchev–Trinajstić information content (AvgIpc) is 2.37. The molecule has 1 heterocycles. The molecule has 0 saturated carbocycles. The van der Waals surface area contributed by atoms with Gasteiger partial charge in [-0.25, -0.2) is 0 Å². The summed E-state index contributed by atoms with van der Waals surface area (Å²) in [4.78, 5) is 2.28. The number of nitrogens with zero attached hydrogens (tertiary/aromatic N) is 1. The molecule has 2 aliphatic rings. The van der Waals surface area contributed by atoms with Crippen molar-refractivity contribution in [1.29, 1.82) is 0 Å². The Kier molecular flexibility index (Phi) is 3.25. The molecule has 1 N–H and O–H groups in total. The van der Waals surface area contributed by atoms with Crippen LogP contribution >= 0.6 is 15.9 Å². The van der Waals surface area contributed by atoms with Crippen molar-refractivity contribution in [2.75, 3.05) is 11.4 Å². The molecule has 0 bridgehead atoms. The van der Waals surface area contributed by atoms with Crippen molar-refractivity contribution < 1.29 is 5.11 Å². The third kappa shape index (κ3) is 2.42. The lowest BCUT2D eigenvalue weighted by Crippen LogP contribution is -2.32. The van der Waals surface area contributed by atoms with Crippen LogP contribution in [0, 0.1) is 5.41 Å². The zero-order valence-corrected chi connectivity index (χ0v) is 13.3. The van der Waals surface area contributed by atoms with E-state index in [0.29, 0.717) is 12.3 Å². The molecular weight excluding hydrogens is 314 g/mol. The van der Waals surface area contributed by atoms with Gasteiger partial charge < -0.3 is 10.0 Å². The fourth-order valence-corrected chi connectivity index (χ4v) is 3.16. The molecule has 1 aromatic carbocycles. The molecule has 3 rings (SSSR count). The average molecular weight is 332 g/mol. The maximum absolute atomic E-state index is 10.1. The maximum Gasteiger partial charge on any atom is 0.122 e. The number of hydrogen-bond donors (Lipinski definition) is 1. The number of halogens is 1. The largest absolute Gasteiger partial charge is 0.508 e. The van der Waals surface area contributed by atoms with E-state index in [1.54, 1.807) is 0 Å². The van der Waals surface area contributed by atoms with Crippen molar-refractivity contribution in [1.82, 2.24) is 0 Å². The molecule has 0 spiro atoms. The Hall–Kier alpha value is -1.48. The van der Waals surface area contributed by atoms with Gasteiger partial charge in [0.1, 0.15) is 5.76 Å². The van der Waals surface area contributed by atoms with Crippen LogP contribution in [-0.2, 0) is 0 Å². The third-order valence-corrected chi connectivity index (χ3v) is 4.32. The Bertz CT molecular complexity index is 640. The SMILES string of the molecule is CC1(C)C=CC2=C(C1)N(c1cccc(Br)c1)CC=C2O. The lowest BCUT2D eigenvalue weighted by atomic mass is 9.80. The molecule has 0 amide bonds. The smallest absolute Gasteiger partial charge is 0.122 e. The molecule has 0 saturated heterocycles. The second-order valence-electron chi connectivity index (χ2n) is 6.04. The second-order valence-corrected chi connectivity index (χ2v) is 6.95. The monoisotopic (exact) mass is 331 g/mol. The number of allylic oxidation sites excluding steroid dienone is 3. The summed E-state index contributed by atoms with van der Waals surface area (Å²) in [5, 5.41) is 10.1. The third-order valence-electron chi connectivity index (χ3n) is 3.82. The summed E-state index contributed by atoms with van der Waals surface area (Å²) in [5.41, 5.74) is 3.44. The van der Waals surface area contributed by atoms with Gasteiger partial charge >= 0.3 is 0 Å². The summed E-state index contributed by atoms with van der Waals surface area (Å²) >= 11 is 3.53. The second kappa shape index (κ2) is 4.81. The Morgan fingerprint density at radius 1 is 1.30 bits per heavy atom. The molecular formula is C17H18BrNO. The van der Waals surface area contributed by atoms with Gasteiger partial charge in [0, 0.05) is 28.0 Å². The van der Waals surface area contributed by atoms with E-state index in [1.807, 2.05) is 18.2 Å². The van der Waals surface area contributed by atoms with Crippen LogP contribution in [0.25, 0.3) is 0 Å². The summed E-state index contributed by atoms with van der Waals surface area (Å²) in [7, 11) is 0. The van der Waals surface area contributed by atoms with Crippen molar-refractivity contribution in [3.8, 4) is 0 Å². The number of aliphatic hydroxyl groups is 1. The van der Waals surface area contributed by atoms with Crippen molar-refractivity contribution in [3.63, 3.8) is 0 Å². The first kappa shape index (κ1) is 13.5. The Morgan fingerprint density at radius 2 is 2.10 bits per heavy atom. The first-order valence-electron chi connectivity index (χ1n) is 6.81. The highest BCUT2D eigenvalue weighted by molar-refractivity contribution is 9.10. The first-order valence-corrected chi connectivity index (χ1v) is 7.61. The van der Waals surface area contributed by atoms with E-state index in [4.69, 9.17) is 0 Å². The van der Waals surface area contributed by atoms with Gasteiger partial charge in [-0.2, -0.15) is 0 Å². The highest BCUT2D eigenvalue weighted by Gasteiger charge is 2.30. The number of anilines is 1. The van der Waals surface area contributed by atoms with E-state index in [0.717, 1.165) is 22.2 Å². The standard InChI is InChI=1S/C17H18BrNO/c1-17(2)8-6-14-15(11-17)19(9-7-16(14)20)13-5-3-4-12(18)10-13/h3-8,10,20H,9,11H2,1-2H3. The van der Waals surface area contributed by atoms with Crippen molar-refractivity contribution in [2.45, 2.75) is 20.3 Å². The molecule has 0 aromatic heterocycles. The van der Waals surface area contributed by atoms with Crippen LogP contribution in [0.15, 0.2) is 64.0 Å². The molecule has 2 nitrogen and oxygen atoms in total. The van der Waals surface area contributed by atoms with E-state index in [-0.39, 0.29) is 5.41 Å². The molecule has 1 aliphatic heterocycles. The van der Waals surface area contributed by atoms with Crippen molar-refractivity contribution in [3.05, 3.63) is 64.0 Å². The van der Waals surface area contributed by atoms with Crippen LogP contribution in [-0.4, -0.2) is 11.7 Å². The quantitative estimate of drug-likeness (QED) is 0.786. The van der Waals surface area contributed by atoms with Crippen LogP contribution in [0.1, 0.15) is 20.3 Å². The lowest BCUT2D eigenvalue weighted by molar-refractivity contribution is 0.406. The predicted molar refractivity (Wildman–Crippen MR) is 86.8 cm³/mol. The molecule has 1 aliphatic carbocycles. The topological polar surface area (TPSA) is 23.5 Å². The molecule has 0 radical (unpaired) electrons. The summed E-state index contributed by atoms with van der Waals surface area (Å²) in [5.74, 6) is 0.401. The van der Waals surface area contributed by atoms with E-state index < -0.39 is 0 Å². The summed E-state index contributed by atoms with van der Waals surface area (Å²) in [6.07, 6.45) is 7.04. The zero-order valence-electron chi connectivity index (χ0n) is 11.7. The predicted octanol–water partition coefficient (Wildman–Crippen LogP) is 4.95. The van der Waals surface area contributed by atoms with Crippen LogP contribution < -0.4 is 4.90 Å². The highest BCUT2D eigenvalue weighted by Crippen LogP contribution is 2.40. The van der Waals surface area contributed by atoms with Gasteiger partial charge in [0.05, 0.1) is 0 Å². The minimum Gasteiger partial charge on any atom is -0.508 e. The maximum atomic E-state index is 10.1. The van der Waals surface area contributed by atoms with Gasteiger partial charge in [0.15, 0.2) is 0 Å². The summed E-state index contributed by atoms with van der Waals surface area (Å²) < 4.78 is 1.07. The molecule has 3 heteroatoms. The van der Waals surface area contributed by atoms with Gasteiger partial charge in [-0.15, -0.1) is 0 Å². The first-order chi connectivity index (χ1) is 9.46. The van der Waals surface area contributed by atoms with E-state index in [9.17, 15) is 5.11 Å². The number of aliphatic hydroxyl groups excluding tert-OH is 1. The van der Waals surface area contributed by atoms with Crippen molar-refractivity contribution >= 4 is 21.6 Å². The molecule has 1 aromatic rings. The van der Waals surface area contributed by atoms with Crippen LogP contribution in [0.3, 0.4) is 0 Å². The van der Waals surface area contributed by atoms with Crippen LogP contribution in [0.2, 0.25) is 0 Å². The summed E-state index contributed by atoms with van der Waals surface area (Å²) in [6, 6.07) is 8.30. The van der Waals surface area contributed by atoms with Crippen LogP contribution in [0.4, 0.5) is 5.69 Å². The lowest BCUT2D eigenvalue weighted by Gasteiger charge is -2.37. The fourth-order valence-electron chi connectivity index (χ4n) is 2.77. The minimum absolute atomic E-state index is 0.126. The zero-order chi connectivity index (χ0) is 14.3. The van der Waals surface area contributed by atoms with Crippen LogP contribution in [0.5, 0.6) is 0 Å². The molecule has 104 valence electrons. The Labute approximate surface area is 128 Å². The molecule has 20 heavy (non-hydrogen) atoms. The van der Waals surface area contributed by atoms with Crippen molar-refractivity contribution in [2.24, 2.45) is 5.41 Å². The summed E-state index contributed by atoms with van der Waals surface area (Å²) in [6.45, 7) is 5.16. The van der Waals surface area contributed by atoms with E-state index in [1.165, 1.54) is 5.70 Å². The van der Waals surface area contributed by atoms with E-state index >= 15 is 0 Å². The number of benzene rings is 1. The molecule has 0 fully saturated rings. The fraction of sp³-hybridized carbons (Fsp3) is 0.294. The van der Waals surface area contributed by atoms with Gasteiger partial charge in [-0.3, -0.25) is 0 Å². The number of hydrogen-bond acceptors (Lipinski definition) is 2. The molecule has 0 atom stereocenters. The van der Waals surface area contributed by atoms with E-state index in [2.05, 4.69) is 59.0 Å². The van der Waals surface area contributed by atoms with Gasteiger partial charge in [0.2, 0.25) is 0 Å². The van der Waals surface area contributed by atoms with Gasteiger partial charge in [0.25, 0.3) is 0 Å². The number of rotatable bonds is 1. The Morgan fingerprint density at radius 3 is 2.85 bits per heavy atom. The normalized spacial score (nSPS) is 20.8. The molecule has 0 unspecified atom stereocenters. The minimum atomic E-state index is 0.126. The van der Waals surface area contributed by atoms with Gasteiger partial charge in [-0.05, 0) is 36.1 Å².